The fourth-order valence-corrected chi connectivity index (χ4v) is 3.83. The molecule has 5 rings (SSSR count). The number of aromatic nitrogens is 1. The summed E-state index contributed by atoms with van der Waals surface area (Å²) in [6, 6.07) is 13.2. The van der Waals surface area contributed by atoms with Gasteiger partial charge in [0, 0.05) is 23.2 Å². The van der Waals surface area contributed by atoms with Crippen molar-refractivity contribution in [2.24, 2.45) is 0 Å². The van der Waals surface area contributed by atoms with Crippen LogP contribution in [0.4, 0.5) is 5.69 Å². The maximum absolute atomic E-state index is 13.1. The molecule has 0 spiro atoms. The summed E-state index contributed by atoms with van der Waals surface area (Å²) in [6.07, 6.45) is 0.608. The predicted molar refractivity (Wildman–Crippen MR) is 107 cm³/mol. The van der Waals surface area contributed by atoms with Crippen molar-refractivity contribution in [3.05, 3.63) is 53.7 Å². The summed E-state index contributed by atoms with van der Waals surface area (Å²) in [7, 11) is 0. The number of ether oxygens (including phenoxy) is 3. The Labute approximate surface area is 167 Å². The molecule has 1 unspecified atom stereocenters. The number of anilines is 1. The van der Waals surface area contributed by atoms with Crippen LogP contribution in [0.3, 0.4) is 0 Å². The number of benzene rings is 2. The molecule has 150 valence electrons. The molecule has 1 aromatic heterocycles. The van der Waals surface area contributed by atoms with Crippen molar-refractivity contribution in [3.8, 4) is 11.5 Å². The second-order valence-electron chi connectivity index (χ2n) is 7.44. The highest BCUT2D eigenvalue weighted by Crippen LogP contribution is 2.51. The van der Waals surface area contributed by atoms with Crippen molar-refractivity contribution in [2.45, 2.75) is 31.5 Å². The van der Waals surface area contributed by atoms with Crippen molar-refractivity contribution >= 4 is 22.5 Å². The van der Waals surface area contributed by atoms with E-state index in [1.807, 2.05) is 49.4 Å². The number of fused-ring (bicyclic) bond motifs is 2. The number of hydrogen-bond donors (Lipinski definition) is 3. The van der Waals surface area contributed by atoms with E-state index in [4.69, 9.17) is 14.2 Å². The quantitative estimate of drug-likeness (QED) is 0.556. The van der Waals surface area contributed by atoms with Crippen LogP contribution in [0, 0.1) is 0 Å². The number of nitrogens with one attached hydrogen (secondary N) is 2. The molecule has 2 heterocycles. The molecule has 1 amide bonds. The number of H-pyrrole nitrogens is 1. The van der Waals surface area contributed by atoms with Crippen molar-refractivity contribution in [1.29, 1.82) is 0 Å². The van der Waals surface area contributed by atoms with Gasteiger partial charge in [0.15, 0.2) is 17.8 Å². The third-order valence-corrected chi connectivity index (χ3v) is 5.60. The molecular formula is C22H22N2O5. The maximum Gasteiger partial charge on any atom is 0.235 e. The molecule has 2 aromatic carbocycles. The van der Waals surface area contributed by atoms with Gasteiger partial charge < -0.3 is 29.6 Å². The average molecular weight is 394 g/mol. The Morgan fingerprint density at radius 2 is 2.03 bits per heavy atom. The van der Waals surface area contributed by atoms with Crippen LogP contribution < -0.4 is 14.8 Å². The molecule has 29 heavy (non-hydrogen) atoms. The number of aliphatic hydroxyl groups excluding tert-OH is 1. The van der Waals surface area contributed by atoms with Gasteiger partial charge in [-0.05, 0) is 61.7 Å². The van der Waals surface area contributed by atoms with Crippen LogP contribution in [0.25, 0.3) is 10.9 Å². The smallest absolute Gasteiger partial charge is 0.235 e. The van der Waals surface area contributed by atoms with Gasteiger partial charge in [0.05, 0.1) is 11.1 Å². The van der Waals surface area contributed by atoms with E-state index >= 15 is 0 Å². The molecule has 7 nitrogen and oxygen atoms in total. The first-order valence-electron chi connectivity index (χ1n) is 9.73. The van der Waals surface area contributed by atoms with Gasteiger partial charge >= 0.3 is 0 Å². The third-order valence-electron chi connectivity index (χ3n) is 5.60. The van der Waals surface area contributed by atoms with Crippen LogP contribution >= 0.6 is 0 Å². The number of hydrogen-bond acceptors (Lipinski definition) is 5. The number of aliphatic hydroxyl groups is 1. The Kier molecular flexibility index (Phi) is 4.22. The van der Waals surface area contributed by atoms with Gasteiger partial charge in [-0.25, -0.2) is 0 Å². The van der Waals surface area contributed by atoms with Gasteiger partial charge in [0.2, 0.25) is 12.7 Å². The number of carbonyl (C=O) groups is 1. The van der Waals surface area contributed by atoms with Gasteiger partial charge in [-0.2, -0.15) is 0 Å². The molecule has 1 aliphatic carbocycles. The Balaban J connectivity index is 1.37. The highest BCUT2D eigenvalue weighted by Gasteiger charge is 2.51. The molecule has 1 atom stereocenters. The molecular weight excluding hydrogens is 372 g/mol. The summed E-state index contributed by atoms with van der Waals surface area (Å²) < 4.78 is 16.0. The van der Waals surface area contributed by atoms with Crippen LogP contribution in [0.2, 0.25) is 0 Å². The van der Waals surface area contributed by atoms with E-state index < -0.39 is 11.7 Å². The van der Waals surface area contributed by atoms with Crippen molar-refractivity contribution in [2.75, 3.05) is 18.7 Å². The van der Waals surface area contributed by atoms with E-state index in [0.717, 1.165) is 29.3 Å². The summed E-state index contributed by atoms with van der Waals surface area (Å²) in [4.78, 5) is 16.2. The Morgan fingerprint density at radius 3 is 2.83 bits per heavy atom. The summed E-state index contributed by atoms with van der Waals surface area (Å²) in [5, 5.41) is 13.9. The molecule has 1 fully saturated rings. The van der Waals surface area contributed by atoms with E-state index in [-0.39, 0.29) is 12.7 Å². The zero-order valence-corrected chi connectivity index (χ0v) is 16.0. The molecule has 1 saturated carbocycles. The van der Waals surface area contributed by atoms with E-state index in [1.54, 1.807) is 0 Å². The molecule has 3 N–H and O–H groups in total. The first kappa shape index (κ1) is 18.0. The number of carbonyl (C=O) groups excluding carboxylic acids is 1. The zero-order valence-electron chi connectivity index (χ0n) is 16.0. The fraction of sp³-hybridized carbons (Fsp3) is 0.318. The second kappa shape index (κ2) is 6.79. The summed E-state index contributed by atoms with van der Waals surface area (Å²) in [6.45, 7) is 2.46. The minimum atomic E-state index is -0.994. The molecule has 3 aromatic rings. The highest BCUT2D eigenvalue weighted by molar-refractivity contribution is 6.02. The molecule has 0 saturated heterocycles. The van der Waals surface area contributed by atoms with Crippen LogP contribution in [0.1, 0.15) is 37.3 Å². The van der Waals surface area contributed by atoms with Crippen molar-refractivity contribution in [3.63, 3.8) is 0 Å². The Hall–Kier alpha value is -3.03. The summed E-state index contributed by atoms with van der Waals surface area (Å²) in [5.41, 5.74) is 2.60. The molecule has 0 bridgehead atoms. The van der Waals surface area contributed by atoms with E-state index in [1.165, 1.54) is 0 Å². The molecule has 0 radical (unpaired) electrons. The lowest BCUT2D eigenvalue weighted by Crippen LogP contribution is -2.27. The largest absolute Gasteiger partial charge is 0.454 e. The van der Waals surface area contributed by atoms with Gasteiger partial charge in [0.25, 0.3) is 0 Å². The molecule has 2 aliphatic rings. The van der Waals surface area contributed by atoms with Crippen LogP contribution in [0.5, 0.6) is 11.5 Å². The standard InChI is InChI=1S/C22H22N2O5/c1-2-27-20(25)17-10-13-9-15(4-5-16(13)24-17)23-21(26)22(7-8-22)14-3-6-18-19(11-14)29-12-28-18/h3-6,9-11,20,24-25H,2,7-8,12H2,1H3,(H,23,26). The third kappa shape index (κ3) is 3.12. The first-order valence-corrected chi connectivity index (χ1v) is 9.73. The lowest BCUT2D eigenvalue weighted by Gasteiger charge is -2.16. The number of rotatable bonds is 6. The predicted octanol–water partition coefficient (Wildman–Crippen LogP) is 3.59. The highest BCUT2D eigenvalue weighted by atomic mass is 16.7. The minimum absolute atomic E-state index is 0.0270. The lowest BCUT2D eigenvalue weighted by atomic mass is 9.94. The maximum atomic E-state index is 13.1. The van der Waals surface area contributed by atoms with E-state index in [0.29, 0.717) is 29.5 Å². The minimum Gasteiger partial charge on any atom is -0.454 e. The summed E-state index contributed by atoms with van der Waals surface area (Å²) >= 11 is 0. The van der Waals surface area contributed by atoms with Crippen LogP contribution in [-0.2, 0) is 14.9 Å². The average Bonchev–Trinajstić information content (AvgIpc) is 3.21. The molecule has 7 heteroatoms. The van der Waals surface area contributed by atoms with Crippen molar-refractivity contribution in [1.82, 2.24) is 4.98 Å². The summed E-state index contributed by atoms with van der Waals surface area (Å²) in [5.74, 6) is 1.38. The second-order valence-corrected chi connectivity index (χ2v) is 7.44. The first-order chi connectivity index (χ1) is 14.1. The van der Waals surface area contributed by atoms with Gasteiger partial charge in [0.1, 0.15) is 0 Å². The Morgan fingerprint density at radius 1 is 1.21 bits per heavy atom. The van der Waals surface area contributed by atoms with Crippen LogP contribution in [0.15, 0.2) is 42.5 Å². The monoisotopic (exact) mass is 394 g/mol. The van der Waals surface area contributed by atoms with E-state index in [2.05, 4.69) is 10.3 Å². The lowest BCUT2D eigenvalue weighted by molar-refractivity contribution is -0.118. The van der Waals surface area contributed by atoms with E-state index in [9.17, 15) is 9.90 Å². The number of aromatic amines is 1. The Bertz CT molecular complexity index is 1090. The fourth-order valence-electron chi connectivity index (χ4n) is 3.83. The van der Waals surface area contributed by atoms with Gasteiger partial charge in [-0.15, -0.1) is 0 Å². The van der Waals surface area contributed by atoms with Gasteiger partial charge in [-0.1, -0.05) is 6.07 Å². The normalized spacial score (nSPS) is 17.3. The zero-order chi connectivity index (χ0) is 20.0. The van der Waals surface area contributed by atoms with Crippen molar-refractivity contribution < 1.29 is 24.1 Å². The van der Waals surface area contributed by atoms with Gasteiger partial charge in [-0.3, -0.25) is 4.79 Å². The SMILES string of the molecule is CCOC(O)c1cc2cc(NC(=O)C3(c4ccc5c(c4)OCO5)CC3)ccc2[nH]1. The molecule has 1 aliphatic heterocycles. The topological polar surface area (TPSA) is 92.8 Å². The number of amides is 1. The van der Waals surface area contributed by atoms with Crippen LogP contribution in [-0.4, -0.2) is 29.4 Å².